The van der Waals surface area contributed by atoms with Crippen LogP contribution in [-0.4, -0.2) is 192 Å². The Labute approximate surface area is 354 Å². The first-order chi connectivity index (χ1) is 23.3. The van der Waals surface area contributed by atoms with E-state index in [4.69, 9.17) is 25.9 Å². The number of hydrogen-bond donors (Lipinski definition) is 0. The van der Waals surface area contributed by atoms with Crippen LogP contribution < -0.4 is 0 Å². The second-order valence-electron chi connectivity index (χ2n) is 14.6. The van der Waals surface area contributed by atoms with E-state index in [-0.39, 0.29) is 45.1 Å². The van der Waals surface area contributed by atoms with E-state index >= 15 is 0 Å². The molecule has 0 atom stereocenters. The van der Waals surface area contributed by atoms with Gasteiger partial charge in [-0.05, 0) is 83.1 Å². The van der Waals surface area contributed by atoms with Crippen LogP contribution in [0.3, 0.4) is 0 Å². The van der Waals surface area contributed by atoms with Crippen molar-refractivity contribution in [1.82, 2.24) is 29.4 Å². The van der Waals surface area contributed by atoms with E-state index in [1.165, 1.54) is 78.5 Å². The second-order valence-corrected chi connectivity index (χ2v) is 17.3. The van der Waals surface area contributed by atoms with Crippen LogP contribution in [0, 0.1) is 0 Å². The molecule has 0 aromatic carbocycles. The minimum Gasteiger partial charge on any atom is -0.741 e. The summed E-state index contributed by atoms with van der Waals surface area (Å²) in [6.07, 6.45) is 0. The molecule has 0 saturated carbocycles. The fourth-order valence-corrected chi connectivity index (χ4v) is 5.31. The summed E-state index contributed by atoms with van der Waals surface area (Å²) < 4.78 is 118. The van der Waals surface area contributed by atoms with Crippen molar-refractivity contribution in [2.45, 2.75) is 130 Å². The molecule has 0 aromatic rings. The van der Waals surface area contributed by atoms with Crippen molar-refractivity contribution in [2.75, 3.05) is 78.5 Å². The molecular weight excluding hydrogens is 902 g/mol. The molecule has 2 fully saturated rings. The van der Waals surface area contributed by atoms with Crippen molar-refractivity contribution in [3.05, 3.63) is 0 Å². The van der Waals surface area contributed by atoms with Crippen LogP contribution in [0.5, 0.6) is 0 Å². The molecule has 352 valence electrons. The quantitative estimate of drug-likeness (QED) is 0.164. The van der Waals surface area contributed by atoms with Crippen LogP contribution in [0.2, 0.25) is 0 Å². The van der Waals surface area contributed by atoms with E-state index in [0.717, 1.165) is 0 Å². The number of halogens is 6. The van der Waals surface area contributed by atoms with E-state index in [1.807, 2.05) is 0 Å². The summed E-state index contributed by atoms with van der Waals surface area (Å²) in [5, 5.41) is 0. The van der Waals surface area contributed by atoms with E-state index in [9.17, 15) is 26.3 Å². The summed E-state index contributed by atoms with van der Waals surface area (Å²) in [6, 6.07) is 3.95. The Hall–Kier alpha value is 0.119. The van der Waals surface area contributed by atoms with Gasteiger partial charge in [0.1, 0.15) is 0 Å². The SMILES string of the molecule is CC(C)N1CCN(C(C)C)CCN(C(C)C)CC1.CC(C)N1CCN(C(C)C)CCN(C(C)C)CC1.O.O.O=S(=O)([O-])C(F)(F)F.O=S(=O)([O-])C(F)(F)F.[Cu+].[Cu+]. The van der Waals surface area contributed by atoms with Gasteiger partial charge < -0.3 is 20.1 Å². The zero-order valence-electron chi connectivity index (χ0n) is 34.8. The normalized spacial score (nSPS) is 18.5. The maximum absolute atomic E-state index is 10.7. The maximum Gasteiger partial charge on any atom is 1.00 e. The van der Waals surface area contributed by atoms with E-state index in [0.29, 0.717) is 36.3 Å². The van der Waals surface area contributed by atoms with E-state index in [1.54, 1.807) is 0 Å². The average molecular weight is 972 g/mol. The zero-order chi connectivity index (χ0) is 41.4. The van der Waals surface area contributed by atoms with Gasteiger partial charge in [0.15, 0.2) is 20.2 Å². The first-order valence-corrected chi connectivity index (χ1v) is 20.6. The Kier molecular flexibility index (Phi) is 37.6. The predicted molar refractivity (Wildman–Crippen MR) is 199 cm³/mol. The Morgan fingerprint density at radius 2 is 0.429 bits per heavy atom. The molecule has 56 heavy (non-hydrogen) atoms. The van der Waals surface area contributed by atoms with Gasteiger partial charge in [-0.25, -0.2) is 16.8 Å². The molecule has 0 spiro atoms. The molecule has 2 rings (SSSR count). The summed E-state index contributed by atoms with van der Waals surface area (Å²) in [7, 11) is -12.2. The smallest absolute Gasteiger partial charge is 0.741 e. The Balaban J connectivity index is -0.000000155. The van der Waals surface area contributed by atoms with Crippen LogP contribution >= 0.6 is 0 Å². The van der Waals surface area contributed by atoms with Gasteiger partial charge in [0.05, 0.1) is 0 Å². The third-order valence-corrected chi connectivity index (χ3v) is 10.1. The molecule has 0 aromatic heterocycles. The Bertz CT molecular complexity index is 1000. The van der Waals surface area contributed by atoms with Crippen molar-refractivity contribution in [2.24, 2.45) is 0 Å². The number of hydrogen-bond acceptors (Lipinski definition) is 12. The summed E-state index contributed by atoms with van der Waals surface area (Å²) >= 11 is 0. The molecule has 0 radical (unpaired) electrons. The number of alkyl halides is 6. The number of nitrogens with zero attached hydrogens (tertiary/aromatic N) is 6. The predicted octanol–water partition coefficient (Wildman–Crippen LogP) is 2.71. The topological polar surface area (TPSA) is 197 Å². The fourth-order valence-electron chi connectivity index (χ4n) is 5.31. The molecule has 14 nitrogen and oxygen atoms in total. The van der Waals surface area contributed by atoms with Crippen LogP contribution in [0.1, 0.15) is 83.1 Å². The number of rotatable bonds is 6. The molecule has 2 heterocycles. The first-order valence-electron chi connectivity index (χ1n) is 17.8. The van der Waals surface area contributed by atoms with Crippen LogP contribution in [-0.2, 0) is 54.4 Å². The molecule has 0 amide bonds. The molecule has 0 unspecified atom stereocenters. The third kappa shape index (κ3) is 29.4. The second kappa shape index (κ2) is 31.0. The standard InChI is InChI=1S/2C15H33N3.2CHF3O3S.2Cu.2H2O/c2*1-13(2)16-7-9-17(14(3)4)11-12-18(10-8-16)15(5)6;2*2-1(3,4)8(5,6)7;;;;/h2*13-15H,7-12H2,1-6H3;2*(H,5,6,7);;;2*1H2/q;;;;2*+1;;/p-2. The molecule has 0 bridgehead atoms. The van der Waals surface area contributed by atoms with Crippen LogP contribution in [0.25, 0.3) is 0 Å². The van der Waals surface area contributed by atoms with Crippen molar-refractivity contribution >= 4 is 20.2 Å². The molecule has 0 aliphatic carbocycles. The summed E-state index contributed by atoms with van der Waals surface area (Å²) in [6.45, 7) is 42.3. The Morgan fingerprint density at radius 3 is 0.464 bits per heavy atom. The van der Waals surface area contributed by atoms with Gasteiger partial charge in [-0.1, -0.05) is 0 Å². The van der Waals surface area contributed by atoms with Gasteiger partial charge in [0.25, 0.3) is 0 Å². The zero-order valence-corrected chi connectivity index (χ0v) is 38.3. The van der Waals surface area contributed by atoms with Gasteiger partial charge in [-0.3, -0.25) is 29.4 Å². The van der Waals surface area contributed by atoms with E-state index in [2.05, 4.69) is 112 Å². The van der Waals surface area contributed by atoms with Gasteiger partial charge in [0, 0.05) is 115 Å². The fraction of sp³-hybridized carbons (Fsp3) is 1.00. The monoisotopic (exact) mass is 970 g/mol. The average Bonchev–Trinajstić information content (AvgIpc) is 3.14. The minimum atomic E-state index is -6.09. The minimum absolute atomic E-state index is 0. The van der Waals surface area contributed by atoms with Gasteiger partial charge in [-0.2, -0.15) is 26.3 Å². The first kappa shape index (κ1) is 67.9. The van der Waals surface area contributed by atoms with Gasteiger partial charge in [0.2, 0.25) is 0 Å². The largest absolute Gasteiger partial charge is 1.00 e. The van der Waals surface area contributed by atoms with Crippen molar-refractivity contribution in [3.63, 3.8) is 0 Å². The van der Waals surface area contributed by atoms with Crippen LogP contribution in [0.15, 0.2) is 0 Å². The molecule has 2 aliphatic heterocycles. The maximum atomic E-state index is 10.7. The van der Waals surface area contributed by atoms with Crippen molar-refractivity contribution < 1.29 is 97.4 Å². The van der Waals surface area contributed by atoms with Gasteiger partial charge >= 0.3 is 45.2 Å². The molecule has 2 aliphatic rings. The third-order valence-electron chi connectivity index (χ3n) is 9.00. The Morgan fingerprint density at radius 1 is 0.357 bits per heavy atom. The van der Waals surface area contributed by atoms with Crippen molar-refractivity contribution in [3.8, 4) is 0 Å². The van der Waals surface area contributed by atoms with Crippen molar-refractivity contribution in [1.29, 1.82) is 0 Å². The molecule has 24 heteroatoms. The summed E-state index contributed by atoms with van der Waals surface area (Å²) in [4.78, 5) is 15.7. The van der Waals surface area contributed by atoms with E-state index < -0.39 is 31.3 Å². The molecule has 2 saturated heterocycles. The summed E-state index contributed by atoms with van der Waals surface area (Å²) in [5.74, 6) is 0. The molecule has 4 N–H and O–H groups in total. The summed E-state index contributed by atoms with van der Waals surface area (Å²) in [5.41, 5.74) is -11.3. The van der Waals surface area contributed by atoms with Gasteiger partial charge in [-0.15, -0.1) is 0 Å². The van der Waals surface area contributed by atoms with Crippen LogP contribution in [0.4, 0.5) is 26.3 Å². The molecular formula is C32H70Cu2F6N6O8S2.